The lowest BCUT2D eigenvalue weighted by molar-refractivity contribution is 0.0963. The molecule has 154 valence electrons. The zero-order chi connectivity index (χ0) is 19.1. The second-order valence-corrected chi connectivity index (χ2v) is 7.67. The topological polar surface area (TPSA) is 92.8 Å². The van der Waals surface area contributed by atoms with E-state index >= 15 is 0 Å². The number of rotatable bonds is 6. The molecule has 1 aromatic heterocycles. The van der Waals surface area contributed by atoms with Crippen molar-refractivity contribution in [2.75, 3.05) is 26.2 Å². The number of hydrogen-bond donors (Lipinski definition) is 2. The maximum absolute atomic E-state index is 11.7. The fraction of sp³-hybridized carbons (Fsp3) is 0.526. The van der Waals surface area contributed by atoms with E-state index in [0.29, 0.717) is 32.2 Å². The smallest absolute Gasteiger partial charge is 0.409 e. The van der Waals surface area contributed by atoms with E-state index in [2.05, 4.69) is 21.4 Å². The Morgan fingerprint density at radius 3 is 2.86 bits per heavy atom. The predicted molar refractivity (Wildman–Crippen MR) is 125 cm³/mol. The van der Waals surface area contributed by atoms with Gasteiger partial charge in [0, 0.05) is 32.1 Å². The highest BCUT2D eigenvalue weighted by Gasteiger charge is 2.23. The van der Waals surface area contributed by atoms with Crippen molar-refractivity contribution in [3.63, 3.8) is 0 Å². The predicted octanol–water partition coefficient (Wildman–Crippen LogP) is 3.37. The molecule has 0 unspecified atom stereocenters. The number of aryl methyl sites for hydroxylation is 1. The van der Waals surface area contributed by atoms with Gasteiger partial charge in [-0.25, -0.2) is 9.78 Å². The van der Waals surface area contributed by atoms with Gasteiger partial charge in [0.25, 0.3) is 0 Å². The number of likely N-dealkylation sites (tertiary alicyclic amines) is 1. The maximum Gasteiger partial charge on any atom is 0.409 e. The van der Waals surface area contributed by atoms with E-state index in [1.165, 1.54) is 4.70 Å². The van der Waals surface area contributed by atoms with Crippen LogP contribution in [-0.2, 0) is 11.2 Å². The quantitative estimate of drug-likeness (QED) is 0.265. The van der Waals surface area contributed by atoms with Gasteiger partial charge in [-0.1, -0.05) is 12.1 Å². The third-order valence-corrected chi connectivity index (χ3v) is 5.64. The van der Waals surface area contributed by atoms with Crippen molar-refractivity contribution in [2.45, 2.75) is 38.6 Å². The number of nitrogens with one attached hydrogen (secondary N) is 1. The first-order chi connectivity index (χ1) is 13.2. The van der Waals surface area contributed by atoms with Crippen LogP contribution in [0.2, 0.25) is 0 Å². The molecule has 0 radical (unpaired) electrons. The van der Waals surface area contributed by atoms with Crippen molar-refractivity contribution in [2.24, 2.45) is 10.7 Å². The third-order valence-electron chi connectivity index (χ3n) is 4.54. The van der Waals surface area contributed by atoms with Crippen molar-refractivity contribution in [3.05, 3.63) is 29.3 Å². The van der Waals surface area contributed by atoms with Crippen LogP contribution in [0.15, 0.2) is 29.3 Å². The SMILES string of the molecule is CCOC(=O)N1CCC(NC(N)=NCCCc2nc3ccccc3s2)CC1.I. The first-order valence-electron chi connectivity index (χ1n) is 9.48. The minimum atomic E-state index is -0.229. The van der Waals surface area contributed by atoms with Gasteiger partial charge in [0.2, 0.25) is 0 Å². The molecule has 9 heteroatoms. The van der Waals surface area contributed by atoms with E-state index in [4.69, 9.17) is 10.5 Å². The molecule has 1 fully saturated rings. The number of carbonyl (C=O) groups is 1. The van der Waals surface area contributed by atoms with E-state index < -0.39 is 0 Å². The zero-order valence-electron chi connectivity index (χ0n) is 16.1. The van der Waals surface area contributed by atoms with Gasteiger partial charge < -0.3 is 20.7 Å². The third kappa shape index (κ3) is 6.47. The number of nitrogens with two attached hydrogens (primary N) is 1. The largest absolute Gasteiger partial charge is 0.450 e. The standard InChI is InChI=1S/C19H27N5O2S.HI/c1-2-26-19(25)24-12-9-14(10-13-24)22-18(20)21-11-5-8-17-23-15-6-3-4-7-16(15)27-17;/h3-4,6-7,14H,2,5,8-13H2,1H3,(H3,20,21,22);1H. The van der Waals surface area contributed by atoms with Crippen LogP contribution in [0.5, 0.6) is 0 Å². The summed E-state index contributed by atoms with van der Waals surface area (Å²) in [5, 5.41) is 4.41. The highest BCUT2D eigenvalue weighted by molar-refractivity contribution is 14.0. The number of para-hydroxylation sites is 1. The number of aliphatic imine (C=N–C) groups is 1. The molecule has 0 aliphatic carbocycles. The number of halogens is 1. The first-order valence-corrected chi connectivity index (χ1v) is 10.3. The van der Waals surface area contributed by atoms with Crippen molar-refractivity contribution in [3.8, 4) is 0 Å². The van der Waals surface area contributed by atoms with Gasteiger partial charge in [-0.15, -0.1) is 35.3 Å². The minimum absolute atomic E-state index is 0. The number of benzene rings is 1. The Hall–Kier alpha value is -1.62. The molecule has 1 aliphatic heterocycles. The Morgan fingerprint density at radius 1 is 1.39 bits per heavy atom. The Kier molecular flexibility index (Phi) is 9.23. The number of hydrogen-bond acceptors (Lipinski definition) is 5. The first kappa shape index (κ1) is 22.7. The molecule has 1 amide bonds. The van der Waals surface area contributed by atoms with Crippen LogP contribution in [-0.4, -0.2) is 54.2 Å². The number of guanidine groups is 1. The molecule has 7 nitrogen and oxygen atoms in total. The Balaban J connectivity index is 0.00000280. The fourth-order valence-corrected chi connectivity index (χ4v) is 4.14. The van der Waals surface area contributed by atoms with E-state index in [0.717, 1.165) is 36.2 Å². The molecule has 1 aliphatic rings. The van der Waals surface area contributed by atoms with Gasteiger partial charge in [-0.3, -0.25) is 4.99 Å². The molecule has 2 aromatic rings. The van der Waals surface area contributed by atoms with Crippen LogP contribution in [0.25, 0.3) is 10.2 Å². The average Bonchev–Trinajstić information content (AvgIpc) is 3.09. The molecule has 2 heterocycles. The van der Waals surface area contributed by atoms with Crippen molar-refractivity contribution >= 4 is 57.6 Å². The van der Waals surface area contributed by atoms with E-state index in [-0.39, 0.29) is 36.1 Å². The molecule has 0 saturated carbocycles. The van der Waals surface area contributed by atoms with E-state index in [9.17, 15) is 4.79 Å². The molecule has 3 rings (SSSR count). The lowest BCUT2D eigenvalue weighted by Gasteiger charge is -2.31. The summed E-state index contributed by atoms with van der Waals surface area (Å²) in [6.07, 6.45) is 3.30. The van der Waals surface area contributed by atoms with Crippen LogP contribution in [0.1, 0.15) is 31.2 Å². The van der Waals surface area contributed by atoms with Crippen molar-refractivity contribution in [1.29, 1.82) is 0 Å². The molecule has 28 heavy (non-hydrogen) atoms. The second kappa shape index (κ2) is 11.4. The summed E-state index contributed by atoms with van der Waals surface area (Å²) < 4.78 is 6.26. The monoisotopic (exact) mass is 517 g/mol. The van der Waals surface area contributed by atoms with Crippen LogP contribution < -0.4 is 11.1 Å². The van der Waals surface area contributed by atoms with Crippen LogP contribution >= 0.6 is 35.3 Å². The summed E-state index contributed by atoms with van der Waals surface area (Å²) in [6, 6.07) is 8.45. The molecule has 1 saturated heterocycles. The van der Waals surface area contributed by atoms with E-state index in [1.807, 2.05) is 25.1 Å². The molecule has 0 bridgehead atoms. The number of piperidine rings is 1. The Labute approximate surface area is 186 Å². The molecule has 1 aromatic carbocycles. The zero-order valence-corrected chi connectivity index (χ0v) is 19.2. The minimum Gasteiger partial charge on any atom is -0.450 e. The normalized spacial score (nSPS) is 15.3. The number of fused-ring (bicyclic) bond motifs is 1. The Bertz CT molecular complexity index is 756. The number of ether oxygens (including phenoxy) is 1. The van der Waals surface area contributed by atoms with Gasteiger partial charge in [-0.2, -0.15) is 0 Å². The lowest BCUT2D eigenvalue weighted by atomic mass is 10.1. The molecule has 0 atom stereocenters. The summed E-state index contributed by atoms with van der Waals surface area (Å²) in [6.45, 7) is 4.27. The van der Waals surface area contributed by atoms with Gasteiger partial charge in [-0.05, 0) is 38.3 Å². The van der Waals surface area contributed by atoms with Crippen LogP contribution in [0.3, 0.4) is 0 Å². The molecule has 3 N–H and O–H groups in total. The number of thiazole rings is 1. The van der Waals surface area contributed by atoms with Gasteiger partial charge in [0.1, 0.15) is 0 Å². The Morgan fingerprint density at radius 2 is 2.14 bits per heavy atom. The second-order valence-electron chi connectivity index (χ2n) is 6.55. The number of nitrogens with zero attached hydrogens (tertiary/aromatic N) is 3. The van der Waals surface area contributed by atoms with Gasteiger partial charge in [0.05, 0.1) is 21.8 Å². The van der Waals surface area contributed by atoms with Gasteiger partial charge in [0.15, 0.2) is 5.96 Å². The highest BCUT2D eigenvalue weighted by atomic mass is 127. The van der Waals surface area contributed by atoms with Crippen LogP contribution in [0, 0.1) is 0 Å². The van der Waals surface area contributed by atoms with Gasteiger partial charge >= 0.3 is 6.09 Å². The summed E-state index contributed by atoms with van der Waals surface area (Å²) >= 11 is 1.74. The summed E-state index contributed by atoms with van der Waals surface area (Å²) in [7, 11) is 0. The van der Waals surface area contributed by atoms with Crippen molar-refractivity contribution in [1.82, 2.24) is 15.2 Å². The number of aromatic nitrogens is 1. The fourth-order valence-electron chi connectivity index (χ4n) is 3.13. The maximum atomic E-state index is 11.7. The lowest BCUT2D eigenvalue weighted by Crippen LogP contribution is -2.48. The summed E-state index contributed by atoms with van der Waals surface area (Å²) in [5.41, 5.74) is 7.07. The van der Waals surface area contributed by atoms with E-state index in [1.54, 1.807) is 16.2 Å². The van der Waals surface area contributed by atoms with Crippen molar-refractivity contribution < 1.29 is 9.53 Å². The number of amides is 1. The number of carbonyl (C=O) groups excluding carboxylic acids is 1. The molecular weight excluding hydrogens is 489 g/mol. The summed E-state index contributed by atoms with van der Waals surface area (Å²) in [5.74, 6) is 0.480. The van der Waals surface area contributed by atoms with Crippen LogP contribution in [0.4, 0.5) is 4.79 Å². The highest BCUT2D eigenvalue weighted by Crippen LogP contribution is 2.22. The average molecular weight is 517 g/mol. The molecule has 0 spiro atoms. The summed E-state index contributed by atoms with van der Waals surface area (Å²) in [4.78, 5) is 22.5. The molecular formula is C19H28IN5O2S.